The highest BCUT2D eigenvalue weighted by Gasteiger charge is 2.69. The molecule has 5 rings (SSSR count). The maximum absolute atomic E-state index is 13.8. The predicted octanol–water partition coefficient (Wildman–Crippen LogP) is -1.29. The molecule has 11 nitrogen and oxygen atoms in total. The number of carbonyl (C=O) groups is 5. The number of aliphatic hydroxyl groups is 1. The monoisotopic (exact) mass is 526 g/mol. The van der Waals surface area contributed by atoms with E-state index in [9.17, 15) is 34.2 Å². The molecule has 38 heavy (non-hydrogen) atoms. The first-order chi connectivity index (χ1) is 18.0. The molecule has 2 unspecified atom stereocenters. The highest BCUT2D eigenvalue weighted by molar-refractivity contribution is 6.32. The number of primary amides is 1. The highest BCUT2D eigenvalue weighted by Crippen LogP contribution is 2.51. The Morgan fingerprint density at radius 2 is 1.84 bits per heavy atom. The van der Waals surface area contributed by atoms with E-state index in [4.69, 9.17) is 5.73 Å². The van der Waals surface area contributed by atoms with Crippen LogP contribution in [0.25, 0.3) is 0 Å². The second kappa shape index (κ2) is 9.64. The van der Waals surface area contributed by atoms with Crippen LogP contribution >= 0.6 is 0 Å². The third-order valence-corrected chi connectivity index (χ3v) is 8.96. The number of likely N-dealkylation sites (N-methyl/N-ethyl adjacent to an activating group) is 1. The number of fused-ring (bicyclic) bond motifs is 3. The van der Waals surface area contributed by atoms with E-state index in [1.54, 1.807) is 20.2 Å². The first-order valence-electron chi connectivity index (χ1n) is 13.1. The SMILES string of the molecule is CN(C)[C@@H]1C(=O)C(C(N)=O)C(=O)[C@@]2(O)C(=O)C3C(=O)c4c(O)ccc(CNC5CCNCC5)c4C[C@H]3C[C@@H]12. The van der Waals surface area contributed by atoms with Crippen molar-refractivity contribution in [3.05, 3.63) is 28.8 Å². The van der Waals surface area contributed by atoms with Gasteiger partial charge in [0.15, 0.2) is 34.7 Å². The maximum atomic E-state index is 13.8. The Morgan fingerprint density at radius 1 is 1.16 bits per heavy atom. The van der Waals surface area contributed by atoms with Crippen LogP contribution in [0.2, 0.25) is 0 Å². The summed E-state index contributed by atoms with van der Waals surface area (Å²) >= 11 is 0. The lowest BCUT2D eigenvalue weighted by atomic mass is 9.52. The van der Waals surface area contributed by atoms with Crippen molar-refractivity contribution in [1.29, 1.82) is 0 Å². The zero-order valence-corrected chi connectivity index (χ0v) is 21.5. The van der Waals surface area contributed by atoms with Crippen molar-refractivity contribution in [3.63, 3.8) is 0 Å². The number of nitrogens with zero attached hydrogens (tertiary/aromatic N) is 1. The van der Waals surface area contributed by atoms with E-state index < -0.39 is 64.4 Å². The van der Waals surface area contributed by atoms with Gasteiger partial charge in [0.25, 0.3) is 0 Å². The molecular weight excluding hydrogens is 492 g/mol. The molecule has 2 saturated carbocycles. The Hall–Kier alpha value is -2.99. The normalized spacial score (nSPS) is 33.6. The summed E-state index contributed by atoms with van der Waals surface area (Å²) in [5, 5.41) is 29.1. The number of hydrogen-bond donors (Lipinski definition) is 5. The third kappa shape index (κ3) is 3.91. The van der Waals surface area contributed by atoms with Gasteiger partial charge in [-0.05, 0) is 76.0 Å². The van der Waals surface area contributed by atoms with Gasteiger partial charge >= 0.3 is 0 Å². The molecule has 0 spiro atoms. The van der Waals surface area contributed by atoms with Crippen LogP contribution in [0.15, 0.2) is 12.1 Å². The molecule has 1 aliphatic heterocycles. The Kier molecular flexibility index (Phi) is 6.75. The Morgan fingerprint density at radius 3 is 2.47 bits per heavy atom. The molecule has 0 radical (unpaired) electrons. The average Bonchev–Trinajstić information content (AvgIpc) is 2.86. The number of carbonyl (C=O) groups excluding carboxylic acids is 5. The number of amides is 1. The first-order valence-corrected chi connectivity index (χ1v) is 13.1. The smallest absolute Gasteiger partial charge is 0.235 e. The summed E-state index contributed by atoms with van der Waals surface area (Å²) in [5.74, 6) is -10.3. The number of hydrogen-bond acceptors (Lipinski definition) is 10. The summed E-state index contributed by atoms with van der Waals surface area (Å²) in [6, 6.07) is 2.40. The third-order valence-electron chi connectivity index (χ3n) is 8.96. The number of rotatable bonds is 5. The van der Waals surface area contributed by atoms with Gasteiger partial charge in [0.1, 0.15) is 5.75 Å². The van der Waals surface area contributed by atoms with E-state index in [2.05, 4.69) is 10.6 Å². The molecule has 4 aliphatic rings. The summed E-state index contributed by atoms with van der Waals surface area (Å²) < 4.78 is 0. The van der Waals surface area contributed by atoms with Crippen molar-refractivity contribution in [2.75, 3.05) is 27.2 Å². The standard InChI is InChI=1S/C27H34N4O7/c1-31(2)21-16-10-13-9-15-12(11-30-14-5-7-29-8-6-14)3-4-17(32)19(15)22(33)18(13)24(35)27(16,38)25(36)20(23(21)34)26(28)37/h3-4,13-14,16,18,20-21,29-30,32,38H,5-11H2,1-2H3,(H2,28,37)/t13-,16-,18?,20?,21-,27-/m0/s1. The quantitative estimate of drug-likeness (QED) is 0.290. The largest absolute Gasteiger partial charge is 0.507 e. The van der Waals surface area contributed by atoms with E-state index in [1.165, 1.54) is 11.0 Å². The number of nitrogens with two attached hydrogens (primary N) is 1. The van der Waals surface area contributed by atoms with Gasteiger partial charge in [0.05, 0.1) is 17.5 Å². The zero-order chi connectivity index (χ0) is 27.5. The fourth-order valence-corrected chi connectivity index (χ4v) is 7.11. The Labute approximate surface area is 220 Å². The summed E-state index contributed by atoms with van der Waals surface area (Å²) in [7, 11) is 3.13. The van der Waals surface area contributed by atoms with Gasteiger partial charge in [0, 0.05) is 18.5 Å². The number of phenolic OH excluding ortho intramolecular Hbond substituents is 1. The minimum atomic E-state index is -2.71. The van der Waals surface area contributed by atoms with Gasteiger partial charge in [-0.25, -0.2) is 0 Å². The first kappa shape index (κ1) is 26.6. The summed E-state index contributed by atoms with van der Waals surface area (Å²) in [5.41, 5.74) is 4.15. The fraction of sp³-hybridized carbons (Fsp3) is 0.593. The van der Waals surface area contributed by atoms with E-state index in [1.807, 2.05) is 0 Å². The lowest BCUT2D eigenvalue weighted by Gasteiger charge is -2.52. The minimum Gasteiger partial charge on any atom is -0.507 e. The van der Waals surface area contributed by atoms with Crippen LogP contribution in [0.3, 0.4) is 0 Å². The van der Waals surface area contributed by atoms with Gasteiger partial charge in [0.2, 0.25) is 5.91 Å². The fourth-order valence-electron chi connectivity index (χ4n) is 7.11. The van der Waals surface area contributed by atoms with Crippen LogP contribution in [-0.2, 0) is 32.1 Å². The number of Topliss-reactive ketones (excluding diaryl/α,β-unsaturated/α-hetero) is 4. The minimum absolute atomic E-state index is 0.0289. The molecule has 0 aromatic heterocycles. The molecular formula is C27H34N4O7. The van der Waals surface area contributed by atoms with Crippen LogP contribution in [-0.4, -0.2) is 89.0 Å². The molecule has 1 heterocycles. The van der Waals surface area contributed by atoms with Crippen molar-refractivity contribution >= 4 is 29.0 Å². The second-order valence-corrected chi connectivity index (χ2v) is 11.3. The van der Waals surface area contributed by atoms with Gasteiger partial charge in [-0.2, -0.15) is 0 Å². The second-order valence-electron chi connectivity index (χ2n) is 11.3. The van der Waals surface area contributed by atoms with Crippen LogP contribution < -0.4 is 16.4 Å². The number of aromatic hydroxyl groups is 1. The summed E-state index contributed by atoms with van der Waals surface area (Å²) in [4.78, 5) is 67.6. The molecule has 204 valence electrons. The predicted molar refractivity (Wildman–Crippen MR) is 134 cm³/mol. The maximum Gasteiger partial charge on any atom is 0.235 e. The van der Waals surface area contributed by atoms with Crippen LogP contribution in [0, 0.1) is 23.7 Å². The molecule has 6 N–H and O–H groups in total. The molecule has 1 aromatic carbocycles. The topological polar surface area (TPSA) is 179 Å². The van der Waals surface area contributed by atoms with Crippen molar-refractivity contribution < 1.29 is 34.2 Å². The zero-order valence-electron chi connectivity index (χ0n) is 21.5. The number of piperidine rings is 1. The van der Waals surface area contributed by atoms with Crippen molar-refractivity contribution in [2.45, 2.75) is 49.9 Å². The average molecular weight is 527 g/mol. The molecule has 11 heteroatoms. The lowest BCUT2D eigenvalue weighted by molar-refractivity contribution is -0.181. The van der Waals surface area contributed by atoms with Gasteiger partial charge in [-0.15, -0.1) is 0 Å². The molecule has 1 saturated heterocycles. The molecule has 1 amide bonds. The van der Waals surface area contributed by atoms with Gasteiger partial charge < -0.3 is 26.6 Å². The summed E-state index contributed by atoms with van der Waals surface area (Å²) in [6.45, 7) is 2.32. The molecule has 3 fully saturated rings. The van der Waals surface area contributed by atoms with Crippen molar-refractivity contribution in [2.24, 2.45) is 29.4 Å². The summed E-state index contributed by atoms with van der Waals surface area (Å²) in [6.07, 6.45) is 2.25. The number of ketones is 4. The van der Waals surface area contributed by atoms with E-state index in [-0.39, 0.29) is 24.2 Å². The Bertz CT molecular complexity index is 1220. The van der Waals surface area contributed by atoms with Gasteiger partial charge in [-0.3, -0.25) is 28.9 Å². The molecule has 6 atom stereocenters. The number of phenols is 1. The van der Waals surface area contributed by atoms with Crippen molar-refractivity contribution in [1.82, 2.24) is 15.5 Å². The number of benzene rings is 1. The van der Waals surface area contributed by atoms with Crippen molar-refractivity contribution in [3.8, 4) is 5.75 Å². The van der Waals surface area contributed by atoms with E-state index in [0.717, 1.165) is 31.5 Å². The van der Waals surface area contributed by atoms with Crippen LogP contribution in [0.1, 0.15) is 40.7 Å². The van der Waals surface area contributed by atoms with Crippen LogP contribution in [0.5, 0.6) is 5.75 Å². The molecule has 3 aliphatic carbocycles. The van der Waals surface area contributed by atoms with E-state index in [0.29, 0.717) is 18.2 Å². The van der Waals surface area contributed by atoms with E-state index >= 15 is 0 Å². The van der Waals surface area contributed by atoms with Gasteiger partial charge in [-0.1, -0.05) is 6.07 Å². The number of nitrogens with one attached hydrogen (secondary N) is 2. The lowest BCUT2D eigenvalue weighted by Crippen LogP contribution is -2.74. The highest BCUT2D eigenvalue weighted by atomic mass is 16.3. The van der Waals surface area contributed by atoms with Crippen LogP contribution in [0.4, 0.5) is 0 Å². The molecule has 1 aromatic rings. The molecule has 0 bridgehead atoms. The Balaban J connectivity index is 1.53.